The molecule has 0 bridgehead atoms. The van der Waals surface area contributed by atoms with Crippen LogP contribution in [0, 0.1) is 5.92 Å². The predicted molar refractivity (Wildman–Crippen MR) is 73.8 cm³/mol. The summed E-state index contributed by atoms with van der Waals surface area (Å²) in [5.74, 6) is -1.18. The van der Waals surface area contributed by atoms with E-state index in [0.717, 1.165) is 0 Å². The van der Waals surface area contributed by atoms with Crippen LogP contribution in [0.4, 0.5) is 0 Å². The van der Waals surface area contributed by atoms with Crippen LogP contribution in [-0.2, 0) is 4.74 Å². The van der Waals surface area contributed by atoms with Gasteiger partial charge >= 0.3 is 5.97 Å². The maximum absolute atomic E-state index is 12.0. The lowest BCUT2D eigenvalue weighted by Gasteiger charge is -2.21. The zero-order valence-corrected chi connectivity index (χ0v) is 11.9. The summed E-state index contributed by atoms with van der Waals surface area (Å²) in [7, 11) is 0. The van der Waals surface area contributed by atoms with Crippen LogP contribution in [0.5, 0.6) is 0 Å². The zero-order chi connectivity index (χ0) is 15.1. The summed E-state index contributed by atoms with van der Waals surface area (Å²) in [6.07, 6.45) is 1.17. The Hall–Kier alpha value is -1.95. The standard InChI is InChI=1S/C14H20N2O4/c1-4-20-8-12(9(2)3)16-13(17)11-6-5-10(7-15-11)14(18)19/h5-7,9,12H,4,8H2,1-3H3,(H,16,17)(H,18,19). The maximum atomic E-state index is 12.0. The van der Waals surface area contributed by atoms with E-state index in [1.54, 1.807) is 0 Å². The molecular formula is C14H20N2O4. The van der Waals surface area contributed by atoms with Crippen molar-refractivity contribution in [1.82, 2.24) is 10.3 Å². The normalized spacial score (nSPS) is 12.2. The molecule has 2 N–H and O–H groups in total. The maximum Gasteiger partial charge on any atom is 0.337 e. The van der Waals surface area contributed by atoms with Gasteiger partial charge in [-0.15, -0.1) is 0 Å². The number of hydrogen-bond donors (Lipinski definition) is 2. The largest absolute Gasteiger partial charge is 0.478 e. The minimum Gasteiger partial charge on any atom is -0.478 e. The molecule has 1 rings (SSSR count). The molecule has 1 heterocycles. The number of aromatic carboxylic acids is 1. The van der Waals surface area contributed by atoms with Crippen molar-refractivity contribution in [3.05, 3.63) is 29.6 Å². The molecule has 1 aromatic heterocycles. The number of carbonyl (C=O) groups is 2. The Morgan fingerprint density at radius 1 is 1.40 bits per heavy atom. The first-order chi connectivity index (χ1) is 9.45. The highest BCUT2D eigenvalue weighted by atomic mass is 16.5. The van der Waals surface area contributed by atoms with Crippen LogP contribution in [0.3, 0.4) is 0 Å². The molecule has 6 heteroatoms. The van der Waals surface area contributed by atoms with Crippen molar-refractivity contribution in [1.29, 1.82) is 0 Å². The topological polar surface area (TPSA) is 88.5 Å². The van der Waals surface area contributed by atoms with Gasteiger partial charge in [-0.2, -0.15) is 0 Å². The molecule has 0 aliphatic carbocycles. The van der Waals surface area contributed by atoms with Crippen LogP contribution in [0.2, 0.25) is 0 Å². The van der Waals surface area contributed by atoms with Gasteiger partial charge in [0.25, 0.3) is 5.91 Å². The van der Waals surface area contributed by atoms with E-state index in [9.17, 15) is 9.59 Å². The minimum absolute atomic E-state index is 0.0521. The molecule has 20 heavy (non-hydrogen) atoms. The Kier molecular flexibility index (Phi) is 6.11. The molecule has 0 saturated heterocycles. The fraction of sp³-hybridized carbons (Fsp3) is 0.500. The van der Waals surface area contributed by atoms with Crippen LogP contribution < -0.4 is 5.32 Å². The fourth-order valence-corrected chi connectivity index (χ4v) is 1.54. The number of hydrogen-bond acceptors (Lipinski definition) is 4. The Morgan fingerprint density at radius 3 is 2.55 bits per heavy atom. The Labute approximate surface area is 118 Å². The minimum atomic E-state index is -1.07. The summed E-state index contributed by atoms with van der Waals surface area (Å²) in [4.78, 5) is 26.6. The molecule has 0 radical (unpaired) electrons. The van der Waals surface area contributed by atoms with Crippen LogP contribution in [0.1, 0.15) is 41.6 Å². The van der Waals surface area contributed by atoms with Gasteiger partial charge in [0.05, 0.1) is 18.2 Å². The van der Waals surface area contributed by atoms with E-state index in [4.69, 9.17) is 9.84 Å². The van der Waals surface area contributed by atoms with Crippen molar-refractivity contribution < 1.29 is 19.4 Å². The molecule has 110 valence electrons. The molecule has 1 unspecified atom stereocenters. The van der Waals surface area contributed by atoms with E-state index < -0.39 is 5.97 Å². The Bertz CT molecular complexity index is 457. The SMILES string of the molecule is CCOCC(NC(=O)c1ccc(C(=O)O)cn1)C(C)C. The number of carboxylic acid groups (broad SMARTS) is 1. The van der Waals surface area contributed by atoms with E-state index in [1.165, 1.54) is 18.3 Å². The van der Waals surface area contributed by atoms with Crippen molar-refractivity contribution in [3.63, 3.8) is 0 Å². The summed E-state index contributed by atoms with van der Waals surface area (Å²) in [5, 5.41) is 11.6. The van der Waals surface area contributed by atoms with Crippen LogP contribution in [0.15, 0.2) is 18.3 Å². The predicted octanol–water partition coefficient (Wildman–Crippen LogP) is 1.57. The van der Waals surface area contributed by atoms with E-state index in [-0.39, 0.29) is 29.1 Å². The number of carboxylic acids is 1. The first-order valence-electron chi connectivity index (χ1n) is 6.53. The average molecular weight is 280 g/mol. The van der Waals surface area contributed by atoms with Gasteiger partial charge in [0.15, 0.2) is 0 Å². The van der Waals surface area contributed by atoms with Crippen molar-refractivity contribution in [2.24, 2.45) is 5.92 Å². The third kappa shape index (κ3) is 4.62. The highest BCUT2D eigenvalue weighted by Gasteiger charge is 2.18. The van der Waals surface area contributed by atoms with Crippen LogP contribution in [-0.4, -0.2) is 41.2 Å². The monoisotopic (exact) mass is 280 g/mol. The second-order valence-corrected chi connectivity index (χ2v) is 4.72. The van der Waals surface area contributed by atoms with Crippen LogP contribution in [0.25, 0.3) is 0 Å². The molecule has 1 amide bonds. The summed E-state index contributed by atoms with van der Waals surface area (Å²) in [6, 6.07) is 2.65. The lowest BCUT2D eigenvalue weighted by molar-refractivity contribution is 0.0695. The quantitative estimate of drug-likeness (QED) is 0.791. The zero-order valence-electron chi connectivity index (χ0n) is 11.9. The second-order valence-electron chi connectivity index (χ2n) is 4.72. The fourth-order valence-electron chi connectivity index (χ4n) is 1.54. The number of rotatable bonds is 7. The summed E-state index contributed by atoms with van der Waals surface area (Å²) in [6.45, 7) is 6.90. The number of pyridine rings is 1. The first-order valence-corrected chi connectivity index (χ1v) is 6.53. The Balaban J connectivity index is 2.70. The highest BCUT2D eigenvalue weighted by molar-refractivity contribution is 5.93. The van der Waals surface area contributed by atoms with Gasteiger partial charge < -0.3 is 15.2 Å². The van der Waals surface area contributed by atoms with Crippen molar-refractivity contribution >= 4 is 11.9 Å². The van der Waals surface area contributed by atoms with E-state index in [2.05, 4.69) is 10.3 Å². The second kappa shape index (κ2) is 7.59. The number of carbonyl (C=O) groups excluding carboxylic acids is 1. The third-order valence-corrected chi connectivity index (χ3v) is 2.87. The van der Waals surface area contributed by atoms with Gasteiger partial charge in [0.2, 0.25) is 0 Å². The number of nitrogens with one attached hydrogen (secondary N) is 1. The van der Waals surface area contributed by atoms with Gasteiger partial charge in [-0.05, 0) is 25.0 Å². The molecule has 0 aliphatic rings. The number of ether oxygens (including phenoxy) is 1. The first kappa shape index (κ1) is 16.1. The Morgan fingerprint density at radius 2 is 2.10 bits per heavy atom. The number of amides is 1. The molecular weight excluding hydrogens is 260 g/mol. The molecule has 6 nitrogen and oxygen atoms in total. The molecule has 1 atom stereocenters. The molecule has 0 aliphatic heterocycles. The lowest BCUT2D eigenvalue weighted by Crippen LogP contribution is -2.42. The van der Waals surface area contributed by atoms with E-state index in [1.807, 2.05) is 20.8 Å². The number of nitrogens with zero attached hydrogens (tertiary/aromatic N) is 1. The summed E-state index contributed by atoms with van der Waals surface area (Å²) >= 11 is 0. The third-order valence-electron chi connectivity index (χ3n) is 2.87. The van der Waals surface area contributed by atoms with Gasteiger partial charge in [-0.1, -0.05) is 13.8 Å². The van der Waals surface area contributed by atoms with Gasteiger partial charge in [-0.3, -0.25) is 9.78 Å². The summed E-state index contributed by atoms with van der Waals surface area (Å²) < 4.78 is 5.33. The van der Waals surface area contributed by atoms with Crippen molar-refractivity contribution in [2.75, 3.05) is 13.2 Å². The summed E-state index contributed by atoms with van der Waals surface area (Å²) in [5.41, 5.74) is 0.244. The number of aromatic nitrogens is 1. The van der Waals surface area contributed by atoms with Gasteiger partial charge in [0.1, 0.15) is 5.69 Å². The highest BCUT2D eigenvalue weighted by Crippen LogP contribution is 2.05. The lowest BCUT2D eigenvalue weighted by atomic mass is 10.1. The molecule has 0 saturated carbocycles. The molecule has 1 aromatic rings. The van der Waals surface area contributed by atoms with Crippen molar-refractivity contribution in [3.8, 4) is 0 Å². The van der Waals surface area contributed by atoms with Gasteiger partial charge in [0, 0.05) is 12.8 Å². The van der Waals surface area contributed by atoms with Crippen LogP contribution >= 0.6 is 0 Å². The average Bonchev–Trinajstić information content (AvgIpc) is 2.42. The van der Waals surface area contributed by atoms with E-state index in [0.29, 0.717) is 13.2 Å². The van der Waals surface area contributed by atoms with Gasteiger partial charge in [-0.25, -0.2) is 4.79 Å². The smallest absolute Gasteiger partial charge is 0.337 e. The van der Waals surface area contributed by atoms with E-state index >= 15 is 0 Å². The molecule has 0 spiro atoms. The molecule has 0 fully saturated rings. The molecule has 0 aromatic carbocycles. The van der Waals surface area contributed by atoms with Crippen molar-refractivity contribution in [2.45, 2.75) is 26.8 Å².